The van der Waals surface area contributed by atoms with Crippen molar-refractivity contribution in [1.82, 2.24) is 0 Å². The molecule has 0 saturated carbocycles. The summed E-state index contributed by atoms with van der Waals surface area (Å²) in [5, 5.41) is 8.91. The highest BCUT2D eigenvalue weighted by atomic mass is 16.3. The van der Waals surface area contributed by atoms with E-state index in [1.807, 2.05) is 0 Å². The molecule has 0 aliphatic rings. The van der Waals surface area contributed by atoms with Crippen LogP contribution < -0.4 is 0 Å². The van der Waals surface area contributed by atoms with Gasteiger partial charge in [-0.25, -0.2) is 0 Å². The molecule has 0 aliphatic carbocycles. The SMILES string of the molecule is CC[C@H](/C=C(/C)C(C)C)CO. The van der Waals surface area contributed by atoms with Crippen LogP contribution in [0.25, 0.3) is 0 Å². The summed E-state index contributed by atoms with van der Waals surface area (Å²) in [6.45, 7) is 8.86. The quantitative estimate of drug-likeness (QED) is 0.620. The Morgan fingerprint density at radius 2 is 2.00 bits per heavy atom. The van der Waals surface area contributed by atoms with E-state index >= 15 is 0 Å². The average molecular weight is 156 g/mol. The molecule has 0 heterocycles. The molecule has 0 unspecified atom stereocenters. The first-order chi connectivity index (χ1) is 5.11. The van der Waals surface area contributed by atoms with Crippen LogP contribution in [-0.2, 0) is 0 Å². The maximum Gasteiger partial charge on any atom is 0.0493 e. The van der Waals surface area contributed by atoms with Gasteiger partial charge < -0.3 is 5.11 Å². The monoisotopic (exact) mass is 156 g/mol. The summed E-state index contributed by atoms with van der Waals surface area (Å²) < 4.78 is 0. The number of allylic oxidation sites excluding steroid dienone is 1. The Labute approximate surface area is 70.1 Å². The topological polar surface area (TPSA) is 20.2 Å². The molecule has 0 amide bonds. The fourth-order valence-corrected chi connectivity index (χ4v) is 0.864. The molecule has 0 aromatic heterocycles. The van der Waals surface area contributed by atoms with E-state index in [2.05, 4.69) is 33.8 Å². The Morgan fingerprint density at radius 3 is 2.27 bits per heavy atom. The van der Waals surface area contributed by atoms with Crippen molar-refractivity contribution in [2.24, 2.45) is 11.8 Å². The molecule has 1 nitrogen and oxygen atoms in total. The van der Waals surface area contributed by atoms with Crippen molar-refractivity contribution in [3.05, 3.63) is 11.6 Å². The predicted molar refractivity (Wildman–Crippen MR) is 49.5 cm³/mol. The van der Waals surface area contributed by atoms with Gasteiger partial charge in [-0.3, -0.25) is 0 Å². The number of aliphatic hydroxyl groups is 1. The summed E-state index contributed by atoms with van der Waals surface area (Å²) in [6, 6.07) is 0. The largest absolute Gasteiger partial charge is 0.396 e. The highest BCUT2D eigenvalue weighted by molar-refractivity contribution is 5.03. The van der Waals surface area contributed by atoms with Gasteiger partial charge in [0.15, 0.2) is 0 Å². The van der Waals surface area contributed by atoms with E-state index in [0.29, 0.717) is 11.8 Å². The second kappa shape index (κ2) is 5.36. The number of aliphatic hydroxyl groups excluding tert-OH is 1. The van der Waals surface area contributed by atoms with Gasteiger partial charge in [0, 0.05) is 6.61 Å². The molecule has 0 aromatic rings. The fraction of sp³-hybridized carbons (Fsp3) is 0.800. The number of hydrogen-bond donors (Lipinski definition) is 1. The van der Waals surface area contributed by atoms with Crippen LogP contribution in [0.4, 0.5) is 0 Å². The molecule has 0 aliphatic heterocycles. The molecule has 1 atom stereocenters. The molecule has 66 valence electrons. The van der Waals surface area contributed by atoms with Crippen LogP contribution >= 0.6 is 0 Å². The predicted octanol–water partition coefficient (Wildman–Crippen LogP) is 2.61. The molecule has 0 aromatic carbocycles. The highest BCUT2D eigenvalue weighted by Crippen LogP contribution is 2.13. The first-order valence-electron chi connectivity index (χ1n) is 4.41. The number of rotatable bonds is 4. The van der Waals surface area contributed by atoms with Crippen LogP contribution in [0.15, 0.2) is 11.6 Å². The second-order valence-electron chi connectivity index (χ2n) is 3.42. The average Bonchev–Trinajstić information content (AvgIpc) is 1.99. The fourth-order valence-electron chi connectivity index (χ4n) is 0.864. The van der Waals surface area contributed by atoms with E-state index in [4.69, 9.17) is 5.11 Å². The van der Waals surface area contributed by atoms with E-state index in [-0.39, 0.29) is 6.61 Å². The Hall–Kier alpha value is -0.300. The zero-order valence-corrected chi connectivity index (χ0v) is 8.09. The third-order valence-electron chi connectivity index (χ3n) is 2.17. The van der Waals surface area contributed by atoms with Gasteiger partial charge in [0.05, 0.1) is 0 Å². The van der Waals surface area contributed by atoms with Crippen molar-refractivity contribution < 1.29 is 5.11 Å². The van der Waals surface area contributed by atoms with Crippen LogP contribution in [0.2, 0.25) is 0 Å². The van der Waals surface area contributed by atoms with Crippen LogP contribution in [0.1, 0.15) is 34.1 Å². The van der Waals surface area contributed by atoms with Gasteiger partial charge in [0.1, 0.15) is 0 Å². The van der Waals surface area contributed by atoms with Crippen molar-refractivity contribution in [3.8, 4) is 0 Å². The maximum atomic E-state index is 8.91. The highest BCUT2D eigenvalue weighted by Gasteiger charge is 2.02. The first-order valence-corrected chi connectivity index (χ1v) is 4.41. The van der Waals surface area contributed by atoms with Gasteiger partial charge in [0.2, 0.25) is 0 Å². The lowest BCUT2D eigenvalue weighted by atomic mass is 9.98. The van der Waals surface area contributed by atoms with E-state index in [9.17, 15) is 0 Å². The van der Waals surface area contributed by atoms with Gasteiger partial charge in [-0.15, -0.1) is 0 Å². The zero-order valence-electron chi connectivity index (χ0n) is 8.09. The Kier molecular flexibility index (Phi) is 5.22. The van der Waals surface area contributed by atoms with Gasteiger partial charge in [0.25, 0.3) is 0 Å². The van der Waals surface area contributed by atoms with Crippen molar-refractivity contribution in [3.63, 3.8) is 0 Å². The Balaban J connectivity index is 4.03. The van der Waals surface area contributed by atoms with Crippen LogP contribution in [0.5, 0.6) is 0 Å². The minimum Gasteiger partial charge on any atom is -0.396 e. The molecule has 0 bridgehead atoms. The molecule has 0 rings (SSSR count). The summed E-state index contributed by atoms with van der Waals surface area (Å²) in [5.74, 6) is 0.966. The van der Waals surface area contributed by atoms with Crippen molar-refractivity contribution in [1.29, 1.82) is 0 Å². The molecule has 1 N–H and O–H groups in total. The van der Waals surface area contributed by atoms with Crippen molar-refractivity contribution in [2.45, 2.75) is 34.1 Å². The molecule has 11 heavy (non-hydrogen) atoms. The molecule has 0 radical (unpaired) electrons. The van der Waals surface area contributed by atoms with Gasteiger partial charge >= 0.3 is 0 Å². The summed E-state index contributed by atoms with van der Waals surface area (Å²) in [5.41, 5.74) is 1.38. The van der Waals surface area contributed by atoms with E-state index in [1.165, 1.54) is 5.57 Å². The molecule has 1 heteroatoms. The van der Waals surface area contributed by atoms with Crippen molar-refractivity contribution >= 4 is 0 Å². The third kappa shape index (κ3) is 4.20. The molecular weight excluding hydrogens is 136 g/mol. The van der Waals surface area contributed by atoms with E-state index < -0.39 is 0 Å². The van der Waals surface area contributed by atoms with Crippen LogP contribution in [0, 0.1) is 11.8 Å². The standard InChI is InChI=1S/C10H20O/c1-5-10(7-11)6-9(4)8(2)3/h6,8,10-11H,5,7H2,1-4H3/b9-6-/t10-/m1/s1. The first kappa shape index (κ1) is 10.7. The van der Waals surface area contributed by atoms with Crippen LogP contribution in [-0.4, -0.2) is 11.7 Å². The zero-order chi connectivity index (χ0) is 8.85. The maximum absolute atomic E-state index is 8.91. The number of hydrogen-bond acceptors (Lipinski definition) is 1. The van der Waals surface area contributed by atoms with Crippen LogP contribution in [0.3, 0.4) is 0 Å². The van der Waals surface area contributed by atoms with E-state index in [0.717, 1.165) is 6.42 Å². The lowest BCUT2D eigenvalue weighted by molar-refractivity contribution is 0.249. The molecule has 0 saturated heterocycles. The summed E-state index contributed by atoms with van der Waals surface area (Å²) >= 11 is 0. The summed E-state index contributed by atoms with van der Waals surface area (Å²) in [4.78, 5) is 0. The molecule has 0 fully saturated rings. The van der Waals surface area contributed by atoms with Gasteiger partial charge in [-0.2, -0.15) is 0 Å². The second-order valence-corrected chi connectivity index (χ2v) is 3.42. The lowest BCUT2D eigenvalue weighted by Crippen LogP contribution is -2.02. The minimum atomic E-state index is 0.278. The smallest absolute Gasteiger partial charge is 0.0493 e. The lowest BCUT2D eigenvalue weighted by Gasteiger charge is -2.10. The van der Waals surface area contributed by atoms with Gasteiger partial charge in [-0.1, -0.05) is 32.4 Å². The third-order valence-corrected chi connectivity index (χ3v) is 2.17. The summed E-state index contributed by atoms with van der Waals surface area (Å²) in [6.07, 6.45) is 3.21. The normalized spacial score (nSPS) is 15.6. The van der Waals surface area contributed by atoms with Gasteiger partial charge in [-0.05, 0) is 25.2 Å². The molecular formula is C10H20O. The molecule has 0 spiro atoms. The van der Waals surface area contributed by atoms with E-state index in [1.54, 1.807) is 0 Å². The van der Waals surface area contributed by atoms with Crippen molar-refractivity contribution in [2.75, 3.05) is 6.61 Å². The Bertz CT molecular complexity index is 121. The summed E-state index contributed by atoms with van der Waals surface area (Å²) in [7, 11) is 0. The minimum absolute atomic E-state index is 0.278. The Morgan fingerprint density at radius 1 is 1.45 bits per heavy atom.